The maximum absolute atomic E-state index is 5.31. The molecule has 5 heteroatoms. The summed E-state index contributed by atoms with van der Waals surface area (Å²) in [7, 11) is 0. The summed E-state index contributed by atoms with van der Waals surface area (Å²) in [5, 5.41) is 3.29. The molecule has 0 saturated heterocycles. The van der Waals surface area contributed by atoms with Crippen LogP contribution in [-0.4, -0.2) is 16.5 Å². The highest BCUT2D eigenvalue weighted by Crippen LogP contribution is 2.19. The van der Waals surface area contributed by atoms with Crippen molar-refractivity contribution in [2.45, 2.75) is 13.0 Å². The summed E-state index contributed by atoms with van der Waals surface area (Å²) >= 11 is 5.29. The summed E-state index contributed by atoms with van der Waals surface area (Å²) in [6.45, 7) is 1.77. The van der Waals surface area contributed by atoms with Crippen LogP contribution in [0.5, 0.6) is 0 Å². The molecule has 0 spiro atoms. The monoisotopic (exact) mass is 233 g/mol. The molecule has 2 aromatic rings. The van der Waals surface area contributed by atoms with Gasteiger partial charge in [-0.05, 0) is 12.1 Å². The first kappa shape index (κ1) is 9.74. The second kappa shape index (κ2) is 3.84. The van der Waals surface area contributed by atoms with Gasteiger partial charge in [0.05, 0.1) is 6.26 Å². The third kappa shape index (κ3) is 1.58. The van der Waals surface area contributed by atoms with E-state index in [-0.39, 0.29) is 0 Å². The Hall–Kier alpha value is -1.46. The molecule has 0 atom stereocenters. The van der Waals surface area contributed by atoms with E-state index in [2.05, 4.69) is 15.3 Å². The summed E-state index contributed by atoms with van der Waals surface area (Å²) in [6, 6.07) is 3.72. The molecule has 0 bridgehead atoms. The first-order valence-corrected chi connectivity index (χ1v) is 5.62. The van der Waals surface area contributed by atoms with Crippen molar-refractivity contribution in [3.05, 3.63) is 34.3 Å². The van der Waals surface area contributed by atoms with Crippen molar-refractivity contribution >= 4 is 12.2 Å². The zero-order valence-electron chi connectivity index (χ0n) is 8.62. The summed E-state index contributed by atoms with van der Waals surface area (Å²) in [5.74, 6) is 1.45. The fraction of sp³-hybridized carbons (Fsp3) is 0.273. The SMILES string of the molecule is S=c1nc(-c2ccco2)[nH]c2c1CNCC2. The molecule has 3 heterocycles. The molecule has 1 aliphatic heterocycles. The van der Waals surface area contributed by atoms with E-state index in [9.17, 15) is 0 Å². The van der Waals surface area contributed by atoms with E-state index in [0.29, 0.717) is 4.64 Å². The number of aromatic amines is 1. The highest BCUT2D eigenvalue weighted by molar-refractivity contribution is 7.71. The first-order chi connectivity index (χ1) is 7.84. The second-order valence-corrected chi connectivity index (χ2v) is 4.14. The third-order valence-corrected chi connectivity index (χ3v) is 3.05. The molecule has 16 heavy (non-hydrogen) atoms. The van der Waals surface area contributed by atoms with Crippen LogP contribution >= 0.6 is 12.2 Å². The van der Waals surface area contributed by atoms with Gasteiger partial charge in [0.2, 0.25) is 0 Å². The van der Waals surface area contributed by atoms with Crippen LogP contribution in [0, 0.1) is 4.64 Å². The Balaban J connectivity index is 2.16. The number of hydrogen-bond acceptors (Lipinski definition) is 4. The van der Waals surface area contributed by atoms with E-state index < -0.39 is 0 Å². The predicted molar refractivity (Wildman–Crippen MR) is 62.5 cm³/mol. The van der Waals surface area contributed by atoms with Gasteiger partial charge in [0.25, 0.3) is 0 Å². The Kier molecular flexibility index (Phi) is 2.34. The lowest BCUT2D eigenvalue weighted by molar-refractivity contribution is 0.573. The summed E-state index contributed by atoms with van der Waals surface area (Å²) < 4.78 is 5.97. The van der Waals surface area contributed by atoms with Crippen LogP contribution in [0.15, 0.2) is 22.8 Å². The van der Waals surface area contributed by atoms with Crippen molar-refractivity contribution in [1.29, 1.82) is 0 Å². The van der Waals surface area contributed by atoms with Crippen LogP contribution < -0.4 is 5.32 Å². The zero-order chi connectivity index (χ0) is 11.0. The number of rotatable bonds is 1. The molecular weight excluding hydrogens is 222 g/mol. The minimum Gasteiger partial charge on any atom is -0.461 e. The molecule has 82 valence electrons. The Morgan fingerprint density at radius 2 is 2.38 bits per heavy atom. The number of H-pyrrole nitrogens is 1. The summed E-state index contributed by atoms with van der Waals surface area (Å²) in [5.41, 5.74) is 2.28. The van der Waals surface area contributed by atoms with Crippen molar-refractivity contribution in [1.82, 2.24) is 15.3 Å². The van der Waals surface area contributed by atoms with Gasteiger partial charge in [-0.1, -0.05) is 12.2 Å². The Morgan fingerprint density at radius 3 is 3.19 bits per heavy atom. The molecule has 2 N–H and O–H groups in total. The molecular formula is C11H11N3OS. The molecule has 0 radical (unpaired) electrons. The fourth-order valence-corrected chi connectivity index (χ4v) is 2.18. The lowest BCUT2D eigenvalue weighted by Gasteiger charge is -2.17. The maximum Gasteiger partial charge on any atom is 0.175 e. The Labute approximate surface area is 97.7 Å². The summed E-state index contributed by atoms with van der Waals surface area (Å²) in [6.07, 6.45) is 2.59. The van der Waals surface area contributed by atoms with Crippen LogP contribution in [0.4, 0.5) is 0 Å². The van der Waals surface area contributed by atoms with Crippen molar-refractivity contribution in [2.75, 3.05) is 6.54 Å². The normalized spacial score (nSPS) is 14.8. The second-order valence-electron chi connectivity index (χ2n) is 3.75. The van der Waals surface area contributed by atoms with Crippen LogP contribution in [-0.2, 0) is 13.0 Å². The number of furan rings is 1. The number of nitrogens with zero attached hydrogens (tertiary/aromatic N) is 1. The van der Waals surface area contributed by atoms with Crippen LogP contribution in [0.3, 0.4) is 0 Å². The number of hydrogen-bond donors (Lipinski definition) is 2. The topological polar surface area (TPSA) is 53.9 Å². The Morgan fingerprint density at radius 1 is 1.44 bits per heavy atom. The van der Waals surface area contributed by atoms with Gasteiger partial charge >= 0.3 is 0 Å². The lowest BCUT2D eigenvalue weighted by Crippen LogP contribution is -2.25. The van der Waals surface area contributed by atoms with Crippen LogP contribution in [0.2, 0.25) is 0 Å². The lowest BCUT2D eigenvalue weighted by atomic mass is 10.1. The molecule has 0 aliphatic carbocycles. The quantitative estimate of drug-likeness (QED) is 0.740. The van der Waals surface area contributed by atoms with E-state index in [1.165, 1.54) is 5.69 Å². The molecule has 0 amide bonds. The number of fused-ring (bicyclic) bond motifs is 1. The first-order valence-electron chi connectivity index (χ1n) is 5.21. The molecule has 4 nitrogen and oxygen atoms in total. The van der Waals surface area contributed by atoms with E-state index >= 15 is 0 Å². The Bertz CT molecular complexity index is 559. The molecule has 1 aliphatic rings. The van der Waals surface area contributed by atoms with Crippen molar-refractivity contribution in [3.63, 3.8) is 0 Å². The minimum atomic E-state index is 0.660. The van der Waals surface area contributed by atoms with Gasteiger partial charge in [-0.25, -0.2) is 4.98 Å². The maximum atomic E-state index is 5.31. The van der Waals surface area contributed by atoms with E-state index in [1.54, 1.807) is 6.26 Å². The third-order valence-electron chi connectivity index (χ3n) is 2.71. The largest absolute Gasteiger partial charge is 0.461 e. The van der Waals surface area contributed by atoms with Crippen molar-refractivity contribution in [3.8, 4) is 11.6 Å². The number of nitrogens with one attached hydrogen (secondary N) is 2. The van der Waals surface area contributed by atoms with Crippen LogP contribution in [0.1, 0.15) is 11.3 Å². The van der Waals surface area contributed by atoms with Crippen LogP contribution in [0.25, 0.3) is 11.6 Å². The van der Waals surface area contributed by atoms with E-state index in [1.807, 2.05) is 12.1 Å². The van der Waals surface area contributed by atoms with E-state index in [0.717, 1.165) is 36.7 Å². The van der Waals surface area contributed by atoms with Crippen molar-refractivity contribution < 1.29 is 4.42 Å². The number of aromatic nitrogens is 2. The molecule has 0 aromatic carbocycles. The predicted octanol–water partition coefficient (Wildman–Crippen LogP) is 2.04. The van der Waals surface area contributed by atoms with Gasteiger partial charge in [0.1, 0.15) is 4.64 Å². The molecule has 3 rings (SSSR count). The summed E-state index contributed by atoms with van der Waals surface area (Å²) in [4.78, 5) is 7.65. The van der Waals surface area contributed by atoms with Crippen molar-refractivity contribution in [2.24, 2.45) is 0 Å². The molecule has 0 fully saturated rings. The molecule has 0 saturated carbocycles. The minimum absolute atomic E-state index is 0.660. The standard InChI is InChI=1S/C11H11N3OS/c16-11-7-6-12-4-3-8(7)13-10(14-11)9-2-1-5-15-9/h1-2,5,12H,3-4,6H2,(H,13,14,16). The zero-order valence-corrected chi connectivity index (χ0v) is 9.43. The highest BCUT2D eigenvalue weighted by atomic mass is 32.1. The molecule has 2 aromatic heterocycles. The van der Waals surface area contributed by atoms with Gasteiger partial charge in [-0.3, -0.25) is 0 Å². The molecule has 0 unspecified atom stereocenters. The van der Waals surface area contributed by atoms with Gasteiger partial charge in [-0.15, -0.1) is 0 Å². The smallest absolute Gasteiger partial charge is 0.175 e. The van der Waals surface area contributed by atoms with Gasteiger partial charge in [-0.2, -0.15) is 0 Å². The average molecular weight is 233 g/mol. The average Bonchev–Trinajstić information content (AvgIpc) is 2.82. The van der Waals surface area contributed by atoms with Gasteiger partial charge < -0.3 is 14.7 Å². The highest BCUT2D eigenvalue weighted by Gasteiger charge is 2.14. The van der Waals surface area contributed by atoms with E-state index in [4.69, 9.17) is 16.6 Å². The fourth-order valence-electron chi connectivity index (χ4n) is 1.90. The van der Waals surface area contributed by atoms with Gasteiger partial charge in [0, 0.05) is 30.8 Å². The van der Waals surface area contributed by atoms with Gasteiger partial charge in [0.15, 0.2) is 11.6 Å².